The summed E-state index contributed by atoms with van der Waals surface area (Å²) in [5, 5.41) is 0. The van der Waals surface area contributed by atoms with Crippen molar-refractivity contribution < 1.29 is 19.1 Å². The van der Waals surface area contributed by atoms with Crippen molar-refractivity contribution in [2.24, 2.45) is 0 Å². The molecule has 0 heterocycles. The van der Waals surface area contributed by atoms with Crippen LogP contribution in [0.1, 0.15) is 304 Å². The minimum atomic E-state index is -0.0342. The highest BCUT2D eigenvalue weighted by Crippen LogP contribution is 2.16. The molecule has 0 spiro atoms. The molecule has 0 atom stereocenters. The van der Waals surface area contributed by atoms with Crippen molar-refractivity contribution in [2.75, 3.05) is 6.61 Å². The maximum Gasteiger partial charge on any atom is 0.306 e. The fraction of sp³-hybridized carbons (Fsp3) is 0.961. The van der Waals surface area contributed by atoms with Crippen molar-refractivity contribution in [1.29, 1.82) is 0 Å². The van der Waals surface area contributed by atoms with Crippen LogP contribution in [0.15, 0.2) is 0 Å². The summed E-state index contributed by atoms with van der Waals surface area (Å²) in [6.07, 6.45) is 55.2. The van der Waals surface area contributed by atoms with Crippen LogP contribution in [-0.4, -0.2) is 24.6 Å². The number of carbonyl (C=O) groups is 2. The molecule has 0 N–H and O–H groups in total. The summed E-state index contributed by atoms with van der Waals surface area (Å²) in [4.78, 5) is 23.2. The largest absolute Gasteiger partial charge is 0.466 e. The molecule has 0 aromatic heterocycles. The molecule has 0 saturated carbocycles. The first-order chi connectivity index (χ1) is 27.0. The zero-order valence-electron chi connectivity index (χ0n) is 38.6. The highest BCUT2D eigenvalue weighted by atomic mass is 16.5. The molecule has 0 bridgehead atoms. The molecule has 0 aromatic rings. The van der Waals surface area contributed by atoms with Gasteiger partial charge in [0.25, 0.3) is 0 Å². The average Bonchev–Trinajstić information content (AvgIpc) is 3.17. The van der Waals surface area contributed by atoms with Crippen molar-refractivity contribution >= 4 is 11.9 Å². The van der Waals surface area contributed by atoms with Crippen molar-refractivity contribution in [3.05, 3.63) is 0 Å². The van der Waals surface area contributed by atoms with Gasteiger partial charge in [0.05, 0.1) is 12.7 Å². The van der Waals surface area contributed by atoms with E-state index in [1.54, 1.807) is 0 Å². The molecular weight excluding hydrogens is 677 g/mol. The Labute approximate surface area is 347 Å². The normalized spacial score (nSPS) is 11.2. The SMILES string of the molecule is CCCCCCCCCCCCCCCC(=O)OC(C)C.CCCCCCCCCCCCCCCCOC(=O)CCCCCCCCCCCCCCC. The third-order valence-electron chi connectivity index (χ3n) is 11.1. The van der Waals surface area contributed by atoms with Crippen molar-refractivity contribution in [2.45, 2.75) is 310 Å². The van der Waals surface area contributed by atoms with Gasteiger partial charge in [-0.15, -0.1) is 0 Å². The standard InChI is InChI=1S/C32H64O2.C19H38O2/c1-3-5-7-9-11-13-15-17-19-21-23-25-27-29-31-34-32(33)30-28-26-24-22-20-18-16-14-12-10-8-6-4-2;1-4-5-6-7-8-9-10-11-12-13-14-15-16-17-19(20)21-18(2)3/h3-31H2,1-2H3;18H,4-17H2,1-3H3. The Morgan fingerprint density at radius 1 is 0.309 bits per heavy atom. The first kappa shape index (κ1) is 56.0. The number of hydrogen-bond acceptors (Lipinski definition) is 4. The lowest BCUT2D eigenvalue weighted by Gasteiger charge is -2.07. The highest BCUT2D eigenvalue weighted by Gasteiger charge is 2.05. The van der Waals surface area contributed by atoms with E-state index < -0.39 is 0 Å². The smallest absolute Gasteiger partial charge is 0.306 e. The fourth-order valence-electron chi connectivity index (χ4n) is 7.45. The van der Waals surface area contributed by atoms with Gasteiger partial charge >= 0.3 is 11.9 Å². The van der Waals surface area contributed by atoms with E-state index >= 15 is 0 Å². The molecular formula is C51H102O4. The highest BCUT2D eigenvalue weighted by molar-refractivity contribution is 5.69. The number of unbranched alkanes of at least 4 members (excludes halogenated alkanes) is 37. The second-order valence-electron chi connectivity index (χ2n) is 17.3. The maximum atomic E-state index is 11.9. The van der Waals surface area contributed by atoms with Gasteiger partial charge in [0.1, 0.15) is 0 Å². The Kier molecular flexibility index (Phi) is 51.9. The Balaban J connectivity index is 0. The van der Waals surface area contributed by atoms with Crippen molar-refractivity contribution in [1.82, 2.24) is 0 Å². The van der Waals surface area contributed by atoms with Gasteiger partial charge in [0.15, 0.2) is 0 Å². The van der Waals surface area contributed by atoms with Crippen LogP contribution in [0, 0.1) is 0 Å². The van der Waals surface area contributed by atoms with E-state index in [9.17, 15) is 9.59 Å². The second kappa shape index (κ2) is 51.0. The van der Waals surface area contributed by atoms with Gasteiger partial charge in [-0.05, 0) is 33.1 Å². The van der Waals surface area contributed by atoms with Gasteiger partial charge < -0.3 is 9.47 Å². The summed E-state index contributed by atoms with van der Waals surface area (Å²) in [5.74, 6) is -0.00848. The van der Waals surface area contributed by atoms with Crippen LogP contribution in [-0.2, 0) is 19.1 Å². The quantitative estimate of drug-likeness (QED) is 0.0457. The van der Waals surface area contributed by atoms with E-state index in [0.717, 1.165) is 19.3 Å². The Bertz CT molecular complexity index is 720. The van der Waals surface area contributed by atoms with Crippen LogP contribution in [0.25, 0.3) is 0 Å². The Morgan fingerprint density at radius 2 is 0.527 bits per heavy atom. The van der Waals surface area contributed by atoms with Gasteiger partial charge in [0.2, 0.25) is 0 Å². The first-order valence-electron chi connectivity index (χ1n) is 25.3. The number of ether oxygens (including phenoxy) is 2. The maximum absolute atomic E-state index is 11.9. The molecule has 0 saturated heterocycles. The lowest BCUT2D eigenvalue weighted by atomic mass is 10.0. The van der Waals surface area contributed by atoms with Crippen molar-refractivity contribution in [3.63, 3.8) is 0 Å². The monoisotopic (exact) mass is 779 g/mol. The molecule has 0 unspecified atom stereocenters. The molecule has 0 fully saturated rings. The predicted octanol–water partition coefficient (Wildman–Crippen LogP) is 17.9. The summed E-state index contributed by atoms with van der Waals surface area (Å²) in [6.45, 7) is 11.3. The molecule has 330 valence electrons. The van der Waals surface area contributed by atoms with Gasteiger partial charge in [-0.3, -0.25) is 9.59 Å². The third kappa shape index (κ3) is 55.1. The van der Waals surface area contributed by atoms with Crippen LogP contribution >= 0.6 is 0 Å². The molecule has 0 radical (unpaired) electrons. The Morgan fingerprint density at radius 3 is 0.782 bits per heavy atom. The van der Waals surface area contributed by atoms with Crippen LogP contribution < -0.4 is 0 Å². The predicted molar refractivity (Wildman–Crippen MR) is 243 cm³/mol. The minimum Gasteiger partial charge on any atom is -0.466 e. The van der Waals surface area contributed by atoms with Gasteiger partial charge in [-0.25, -0.2) is 0 Å². The van der Waals surface area contributed by atoms with E-state index in [1.165, 1.54) is 238 Å². The van der Waals surface area contributed by atoms with Crippen LogP contribution in [0.5, 0.6) is 0 Å². The summed E-state index contributed by atoms with van der Waals surface area (Å²) < 4.78 is 10.5. The summed E-state index contributed by atoms with van der Waals surface area (Å²) in [6, 6.07) is 0. The molecule has 0 amide bonds. The lowest BCUT2D eigenvalue weighted by molar-refractivity contribution is -0.147. The minimum absolute atomic E-state index is 0.0257. The molecule has 4 nitrogen and oxygen atoms in total. The third-order valence-corrected chi connectivity index (χ3v) is 11.1. The van der Waals surface area contributed by atoms with Crippen LogP contribution in [0.3, 0.4) is 0 Å². The summed E-state index contributed by atoms with van der Waals surface area (Å²) in [5.41, 5.74) is 0. The van der Waals surface area contributed by atoms with Gasteiger partial charge in [-0.1, -0.05) is 258 Å². The van der Waals surface area contributed by atoms with Crippen LogP contribution in [0.2, 0.25) is 0 Å². The number of rotatable bonds is 44. The lowest BCUT2D eigenvalue weighted by Crippen LogP contribution is -2.10. The van der Waals surface area contributed by atoms with Gasteiger partial charge in [0, 0.05) is 12.8 Å². The number of esters is 2. The average molecular weight is 779 g/mol. The van der Waals surface area contributed by atoms with Crippen LogP contribution in [0.4, 0.5) is 0 Å². The molecule has 0 aliphatic rings. The summed E-state index contributed by atoms with van der Waals surface area (Å²) in [7, 11) is 0. The van der Waals surface area contributed by atoms with E-state index in [2.05, 4.69) is 20.8 Å². The molecule has 0 aliphatic heterocycles. The zero-order chi connectivity index (χ0) is 40.6. The topological polar surface area (TPSA) is 52.6 Å². The van der Waals surface area contributed by atoms with E-state index in [4.69, 9.17) is 9.47 Å². The van der Waals surface area contributed by atoms with Crippen molar-refractivity contribution in [3.8, 4) is 0 Å². The van der Waals surface area contributed by atoms with Gasteiger partial charge in [-0.2, -0.15) is 0 Å². The molecule has 4 heteroatoms. The zero-order valence-corrected chi connectivity index (χ0v) is 38.6. The first-order valence-corrected chi connectivity index (χ1v) is 25.3. The van der Waals surface area contributed by atoms with E-state index in [-0.39, 0.29) is 18.0 Å². The Hall–Kier alpha value is -1.06. The fourth-order valence-corrected chi connectivity index (χ4v) is 7.45. The number of hydrogen-bond donors (Lipinski definition) is 0. The second-order valence-corrected chi connectivity index (χ2v) is 17.3. The molecule has 0 rings (SSSR count). The molecule has 0 aliphatic carbocycles. The molecule has 55 heavy (non-hydrogen) atoms. The van der Waals surface area contributed by atoms with E-state index in [0.29, 0.717) is 19.4 Å². The number of carbonyl (C=O) groups excluding carboxylic acids is 2. The van der Waals surface area contributed by atoms with E-state index in [1.807, 2.05) is 13.8 Å². The summed E-state index contributed by atoms with van der Waals surface area (Å²) >= 11 is 0. The molecule has 0 aromatic carbocycles.